The maximum absolute atomic E-state index is 6.11. The Balaban J connectivity index is 1.44. The molecule has 2 aromatic heterocycles. The normalized spacial score (nSPS) is 18.3. The Morgan fingerprint density at radius 2 is 2.08 bits per heavy atom. The van der Waals surface area contributed by atoms with Crippen molar-refractivity contribution in [3.8, 4) is 11.5 Å². The quantitative estimate of drug-likeness (QED) is 0.775. The maximum Gasteiger partial charge on any atom is 0.145 e. The van der Waals surface area contributed by atoms with E-state index in [1.54, 1.807) is 12.4 Å². The van der Waals surface area contributed by atoms with Crippen LogP contribution in [0.1, 0.15) is 36.2 Å². The van der Waals surface area contributed by atoms with Crippen LogP contribution in [0.5, 0.6) is 11.5 Å². The smallest absolute Gasteiger partial charge is 0.145 e. The highest BCUT2D eigenvalue weighted by Crippen LogP contribution is 2.49. The average Bonchev–Trinajstić information content (AvgIpc) is 3.12. The van der Waals surface area contributed by atoms with Gasteiger partial charge in [-0.15, -0.1) is 0 Å². The maximum atomic E-state index is 6.11. The van der Waals surface area contributed by atoms with Gasteiger partial charge in [0.15, 0.2) is 0 Å². The second-order valence-corrected chi connectivity index (χ2v) is 7.18. The first-order valence-corrected chi connectivity index (χ1v) is 9.29. The molecular weight excluding hydrogens is 324 g/mol. The molecule has 0 radical (unpaired) electrons. The van der Waals surface area contributed by atoms with E-state index < -0.39 is 0 Å². The lowest BCUT2D eigenvalue weighted by molar-refractivity contribution is -0.00871. The summed E-state index contributed by atoms with van der Waals surface area (Å²) in [6, 6.07) is 12.1. The van der Waals surface area contributed by atoms with Gasteiger partial charge in [-0.3, -0.25) is 9.88 Å². The Morgan fingerprint density at radius 1 is 1.15 bits per heavy atom. The van der Waals surface area contributed by atoms with Gasteiger partial charge in [-0.2, -0.15) is 0 Å². The molecule has 1 spiro atoms. The monoisotopic (exact) mass is 346 g/mol. The molecule has 0 unspecified atom stereocenters. The Morgan fingerprint density at radius 3 is 2.88 bits per heavy atom. The Labute approximate surface area is 153 Å². The van der Waals surface area contributed by atoms with Crippen LogP contribution in [0.4, 0.5) is 0 Å². The number of pyridine rings is 1. The molecule has 1 aliphatic carbocycles. The topological polar surface area (TPSA) is 54.0 Å². The number of imidazole rings is 1. The molecule has 5 heteroatoms. The van der Waals surface area contributed by atoms with Crippen molar-refractivity contribution in [2.24, 2.45) is 0 Å². The molecule has 1 saturated carbocycles. The third-order valence-corrected chi connectivity index (χ3v) is 5.77. The van der Waals surface area contributed by atoms with Gasteiger partial charge in [0.05, 0.1) is 23.8 Å². The number of fused-ring (bicyclic) bond motifs is 2. The molecule has 5 nitrogen and oxygen atoms in total. The fourth-order valence-corrected chi connectivity index (χ4v) is 4.29. The first kappa shape index (κ1) is 15.6. The molecule has 1 N–H and O–H groups in total. The number of benzene rings is 1. The van der Waals surface area contributed by atoms with E-state index in [-0.39, 0.29) is 5.54 Å². The van der Waals surface area contributed by atoms with Gasteiger partial charge >= 0.3 is 0 Å². The number of para-hydroxylation sites is 1. The van der Waals surface area contributed by atoms with E-state index >= 15 is 0 Å². The number of nitrogens with zero attached hydrogens (tertiary/aromatic N) is 3. The van der Waals surface area contributed by atoms with E-state index in [0.717, 1.165) is 31.0 Å². The Hall–Kier alpha value is -2.66. The predicted octanol–water partition coefficient (Wildman–Crippen LogP) is 4.03. The van der Waals surface area contributed by atoms with Gasteiger partial charge in [0.1, 0.15) is 11.5 Å². The summed E-state index contributed by atoms with van der Waals surface area (Å²) in [6.07, 6.45) is 10.1. The molecule has 1 aliphatic heterocycles. The highest BCUT2D eigenvalue weighted by molar-refractivity contribution is 5.38. The van der Waals surface area contributed by atoms with Crippen LogP contribution in [0.2, 0.25) is 0 Å². The molecule has 132 valence electrons. The lowest BCUT2D eigenvalue weighted by Gasteiger charge is -2.52. The number of nitrogens with one attached hydrogen (secondary N) is 1. The highest BCUT2D eigenvalue weighted by Gasteiger charge is 2.48. The Bertz CT molecular complexity index is 901. The van der Waals surface area contributed by atoms with Gasteiger partial charge in [-0.05, 0) is 37.5 Å². The summed E-state index contributed by atoms with van der Waals surface area (Å²) in [5.41, 5.74) is 3.90. The molecule has 26 heavy (non-hydrogen) atoms. The molecule has 1 fully saturated rings. The molecule has 0 amide bonds. The number of hydrogen-bond acceptors (Lipinski definition) is 4. The van der Waals surface area contributed by atoms with E-state index in [1.807, 2.05) is 30.6 Å². The van der Waals surface area contributed by atoms with E-state index in [0.29, 0.717) is 0 Å². The highest BCUT2D eigenvalue weighted by atomic mass is 16.5. The number of rotatable bonds is 4. The van der Waals surface area contributed by atoms with Gasteiger partial charge in [0.25, 0.3) is 0 Å². The SMILES string of the molecule is c1cncc(Oc2ccccc2CN2CCc3[nH]cnc3C23CCC3)c1. The zero-order chi connectivity index (χ0) is 17.4. The van der Waals surface area contributed by atoms with Crippen LogP contribution in [-0.4, -0.2) is 26.4 Å². The van der Waals surface area contributed by atoms with Crippen molar-refractivity contribution in [2.45, 2.75) is 37.8 Å². The van der Waals surface area contributed by atoms with Crippen LogP contribution in [-0.2, 0) is 18.5 Å². The van der Waals surface area contributed by atoms with Gasteiger partial charge in [0.2, 0.25) is 0 Å². The van der Waals surface area contributed by atoms with E-state index in [4.69, 9.17) is 4.74 Å². The zero-order valence-corrected chi connectivity index (χ0v) is 14.7. The summed E-state index contributed by atoms with van der Waals surface area (Å²) in [5, 5.41) is 0. The lowest BCUT2D eigenvalue weighted by atomic mass is 9.70. The van der Waals surface area contributed by atoms with Crippen LogP contribution in [0.15, 0.2) is 55.1 Å². The summed E-state index contributed by atoms with van der Waals surface area (Å²) in [5.74, 6) is 1.68. The Kier molecular flexibility index (Phi) is 3.75. The standard InChI is InChI=1S/C21H22N4O/c1-2-7-19(26-17-6-3-11-22-13-17)16(5-1)14-25-12-8-18-20(24-15-23-18)21(25)9-4-10-21/h1-3,5-7,11,13,15H,4,8-10,12,14H2,(H,23,24). The minimum absolute atomic E-state index is 0.106. The van der Waals surface area contributed by atoms with Crippen LogP contribution in [0.25, 0.3) is 0 Å². The number of aromatic nitrogens is 3. The summed E-state index contributed by atoms with van der Waals surface area (Å²) in [4.78, 5) is 14.8. The largest absolute Gasteiger partial charge is 0.455 e. The van der Waals surface area contributed by atoms with Gasteiger partial charge in [0, 0.05) is 37.0 Å². The second kappa shape index (κ2) is 6.25. The average molecular weight is 346 g/mol. The van der Waals surface area contributed by atoms with E-state index in [2.05, 4.69) is 32.0 Å². The fraction of sp³-hybridized carbons (Fsp3) is 0.333. The zero-order valence-electron chi connectivity index (χ0n) is 14.7. The van der Waals surface area contributed by atoms with Crippen molar-refractivity contribution >= 4 is 0 Å². The van der Waals surface area contributed by atoms with Crippen LogP contribution in [0, 0.1) is 0 Å². The third-order valence-electron chi connectivity index (χ3n) is 5.77. The molecule has 2 aliphatic rings. The van der Waals surface area contributed by atoms with E-state index in [9.17, 15) is 0 Å². The second-order valence-electron chi connectivity index (χ2n) is 7.18. The first-order chi connectivity index (χ1) is 12.9. The fourth-order valence-electron chi connectivity index (χ4n) is 4.29. The van der Waals surface area contributed by atoms with Crippen molar-refractivity contribution in [3.05, 3.63) is 72.1 Å². The van der Waals surface area contributed by atoms with Gasteiger partial charge in [-0.25, -0.2) is 4.98 Å². The number of aromatic amines is 1. The molecule has 5 rings (SSSR count). The van der Waals surface area contributed by atoms with Crippen LogP contribution < -0.4 is 4.74 Å². The minimum Gasteiger partial charge on any atom is -0.455 e. The summed E-state index contributed by atoms with van der Waals surface area (Å²) < 4.78 is 6.11. The third kappa shape index (κ3) is 2.51. The molecule has 3 aromatic rings. The number of ether oxygens (including phenoxy) is 1. The van der Waals surface area contributed by atoms with Crippen molar-refractivity contribution in [1.82, 2.24) is 19.9 Å². The van der Waals surface area contributed by atoms with Gasteiger partial charge < -0.3 is 9.72 Å². The van der Waals surface area contributed by atoms with Crippen LogP contribution in [0.3, 0.4) is 0 Å². The van der Waals surface area contributed by atoms with Crippen molar-refractivity contribution in [3.63, 3.8) is 0 Å². The molecule has 0 bridgehead atoms. The summed E-state index contributed by atoms with van der Waals surface area (Å²) in [7, 11) is 0. The van der Waals surface area contributed by atoms with Crippen molar-refractivity contribution < 1.29 is 4.74 Å². The first-order valence-electron chi connectivity index (χ1n) is 9.29. The lowest BCUT2D eigenvalue weighted by Crippen LogP contribution is -2.54. The number of H-pyrrole nitrogens is 1. The van der Waals surface area contributed by atoms with E-state index in [1.165, 1.54) is 36.2 Å². The van der Waals surface area contributed by atoms with Gasteiger partial charge in [-0.1, -0.05) is 18.2 Å². The molecule has 0 atom stereocenters. The molecule has 1 aromatic carbocycles. The number of hydrogen-bond donors (Lipinski definition) is 1. The molecule has 3 heterocycles. The summed E-state index contributed by atoms with van der Waals surface area (Å²) >= 11 is 0. The molecule has 0 saturated heterocycles. The minimum atomic E-state index is 0.106. The molecular formula is C21H22N4O. The van der Waals surface area contributed by atoms with Crippen LogP contribution >= 0.6 is 0 Å². The van der Waals surface area contributed by atoms with Crippen molar-refractivity contribution in [2.75, 3.05) is 6.54 Å². The predicted molar refractivity (Wildman–Crippen MR) is 99.0 cm³/mol. The summed E-state index contributed by atoms with van der Waals surface area (Å²) in [6.45, 7) is 1.93. The van der Waals surface area contributed by atoms with Crippen molar-refractivity contribution in [1.29, 1.82) is 0 Å².